The standard InChI is InChI=1S/C21H27N3O3/c1-13-9-15(10-17(13)25)27-20-11-19(22-12-23-20)24-21-16-6-4-3-5-14(16)7-8-18(21)26-2/h3-6,11-13,15,17-18,21,25H,7-10H2,1-2H3,(H,22,23,24)/t13-,15+,17-,18+,21-/m0/s1. The Morgan fingerprint density at radius 2 is 2.04 bits per heavy atom. The van der Waals surface area contributed by atoms with E-state index in [4.69, 9.17) is 9.47 Å². The van der Waals surface area contributed by atoms with E-state index in [1.165, 1.54) is 17.5 Å². The van der Waals surface area contributed by atoms with Gasteiger partial charge in [0, 0.05) is 19.6 Å². The Labute approximate surface area is 160 Å². The second-order valence-corrected chi connectivity index (χ2v) is 7.63. The van der Waals surface area contributed by atoms with Crippen LogP contribution in [0.15, 0.2) is 36.7 Å². The van der Waals surface area contributed by atoms with Crippen LogP contribution in [-0.4, -0.2) is 40.5 Å². The fraction of sp³-hybridized carbons (Fsp3) is 0.524. The zero-order valence-electron chi connectivity index (χ0n) is 15.8. The van der Waals surface area contributed by atoms with Crippen molar-refractivity contribution in [3.63, 3.8) is 0 Å². The smallest absolute Gasteiger partial charge is 0.218 e. The summed E-state index contributed by atoms with van der Waals surface area (Å²) in [5, 5.41) is 13.4. The van der Waals surface area contributed by atoms with Gasteiger partial charge >= 0.3 is 0 Å². The molecule has 1 heterocycles. The van der Waals surface area contributed by atoms with Gasteiger partial charge in [-0.15, -0.1) is 0 Å². The van der Waals surface area contributed by atoms with Crippen LogP contribution in [0.3, 0.4) is 0 Å². The first-order valence-corrected chi connectivity index (χ1v) is 9.68. The van der Waals surface area contributed by atoms with Crippen molar-refractivity contribution in [2.24, 2.45) is 5.92 Å². The zero-order valence-corrected chi connectivity index (χ0v) is 15.8. The number of rotatable bonds is 5. The number of anilines is 1. The molecule has 0 unspecified atom stereocenters. The maximum Gasteiger partial charge on any atom is 0.218 e. The molecule has 2 aromatic rings. The molecular formula is C21H27N3O3. The van der Waals surface area contributed by atoms with E-state index in [2.05, 4.69) is 39.6 Å². The molecule has 5 atom stereocenters. The second kappa shape index (κ2) is 7.82. The van der Waals surface area contributed by atoms with Crippen molar-refractivity contribution in [1.29, 1.82) is 0 Å². The molecule has 0 aliphatic heterocycles. The number of aryl methyl sites for hydroxylation is 1. The van der Waals surface area contributed by atoms with Gasteiger partial charge in [0.05, 0.1) is 18.2 Å². The van der Waals surface area contributed by atoms with Crippen LogP contribution in [0.2, 0.25) is 0 Å². The first-order chi connectivity index (χ1) is 13.1. The zero-order chi connectivity index (χ0) is 18.8. The molecule has 27 heavy (non-hydrogen) atoms. The number of methoxy groups -OCH3 is 1. The average Bonchev–Trinajstić information content (AvgIpc) is 2.99. The third kappa shape index (κ3) is 3.92. The molecule has 2 aliphatic rings. The third-order valence-electron chi connectivity index (χ3n) is 5.79. The molecular weight excluding hydrogens is 342 g/mol. The van der Waals surface area contributed by atoms with Crippen LogP contribution in [0.1, 0.15) is 43.4 Å². The number of aromatic nitrogens is 2. The lowest BCUT2D eigenvalue weighted by Crippen LogP contribution is -2.32. The van der Waals surface area contributed by atoms with Gasteiger partial charge in [0.25, 0.3) is 0 Å². The van der Waals surface area contributed by atoms with Gasteiger partial charge in [-0.3, -0.25) is 0 Å². The molecule has 6 heteroatoms. The van der Waals surface area contributed by atoms with Gasteiger partial charge in [-0.25, -0.2) is 9.97 Å². The molecule has 6 nitrogen and oxygen atoms in total. The van der Waals surface area contributed by atoms with Crippen molar-refractivity contribution in [2.75, 3.05) is 12.4 Å². The number of hydrogen-bond acceptors (Lipinski definition) is 6. The Hall–Kier alpha value is -2.18. The summed E-state index contributed by atoms with van der Waals surface area (Å²) in [6.45, 7) is 2.05. The minimum atomic E-state index is -0.296. The molecule has 0 bridgehead atoms. The lowest BCUT2D eigenvalue weighted by molar-refractivity contribution is 0.0735. The monoisotopic (exact) mass is 369 g/mol. The molecule has 2 N–H and O–H groups in total. The van der Waals surface area contributed by atoms with E-state index in [1.807, 2.05) is 13.0 Å². The summed E-state index contributed by atoms with van der Waals surface area (Å²) in [7, 11) is 1.76. The number of nitrogens with one attached hydrogen (secondary N) is 1. The van der Waals surface area contributed by atoms with Crippen LogP contribution in [0.4, 0.5) is 5.82 Å². The van der Waals surface area contributed by atoms with Crippen LogP contribution in [0.25, 0.3) is 0 Å². The summed E-state index contributed by atoms with van der Waals surface area (Å²) in [6.07, 6.45) is 4.79. The number of hydrogen-bond donors (Lipinski definition) is 2. The molecule has 0 spiro atoms. The SMILES string of the molecule is CO[C@@H]1CCc2ccccc2[C@@H]1Nc1cc(O[C@@H]2C[C@H](C)[C@@H](O)C2)ncn1. The fourth-order valence-corrected chi connectivity index (χ4v) is 4.23. The first-order valence-electron chi connectivity index (χ1n) is 9.68. The summed E-state index contributed by atoms with van der Waals surface area (Å²) in [4.78, 5) is 8.62. The second-order valence-electron chi connectivity index (χ2n) is 7.63. The summed E-state index contributed by atoms with van der Waals surface area (Å²) in [5.74, 6) is 1.52. The average molecular weight is 369 g/mol. The van der Waals surface area contributed by atoms with Crippen molar-refractivity contribution in [2.45, 2.75) is 57.0 Å². The van der Waals surface area contributed by atoms with Crippen molar-refractivity contribution < 1.29 is 14.6 Å². The Balaban J connectivity index is 1.51. The van der Waals surface area contributed by atoms with Gasteiger partial charge in [-0.1, -0.05) is 31.2 Å². The summed E-state index contributed by atoms with van der Waals surface area (Å²) < 4.78 is 11.7. The molecule has 1 fully saturated rings. The molecule has 4 rings (SSSR count). The Kier molecular flexibility index (Phi) is 5.27. The maximum absolute atomic E-state index is 9.93. The molecule has 2 aliphatic carbocycles. The number of nitrogens with zero attached hydrogens (tertiary/aromatic N) is 2. The van der Waals surface area contributed by atoms with Crippen molar-refractivity contribution in [3.8, 4) is 5.88 Å². The lowest BCUT2D eigenvalue weighted by atomic mass is 9.85. The summed E-state index contributed by atoms with van der Waals surface area (Å²) in [5.41, 5.74) is 2.60. The van der Waals surface area contributed by atoms with Gasteiger partial charge in [0.1, 0.15) is 18.2 Å². The highest BCUT2D eigenvalue weighted by atomic mass is 16.5. The van der Waals surface area contributed by atoms with Crippen LogP contribution in [0.5, 0.6) is 5.88 Å². The number of aliphatic hydroxyl groups is 1. The summed E-state index contributed by atoms with van der Waals surface area (Å²) in [6, 6.07) is 10.3. The van der Waals surface area contributed by atoms with Gasteiger partial charge in [0.15, 0.2) is 0 Å². The van der Waals surface area contributed by atoms with E-state index in [9.17, 15) is 5.11 Å². The predicted molar refractivity (Wildman–Crippen MR) is 103 cm³/mol. The predicted octanol–water partition coefficient (Wildman–Crippen LogP) is 3.13. The molecule has 1 aromatic carbocycles. The van der Waals surface area contributed by atoms with E-state index >= 15 is 0 Å². The van der Waals surface area contributed by atoms with Crippen molar-refractivity contribution in [3.05, 3.63) is 47.8 Å². The van der Waals surface area contributed by atoms with Crippen LogP contribution in [0, 0.1) is 5.92 Å². The van der Waals surface area contributed by atoms with E-state index < -0.39 is 0 Å². The molecule has 1 aromatic heterocycles. The van der Waals surface area contributed by atoms with E-state index in [0.29, 0.717) is 12.3 Å². The Morgan fingerprint density at radius 3 is 2.81 bits per heavy atom. The van der Waals surface area contributed by atoms with Crippen molar-refractivity contribution >= 4 is 5.82 Å². The normalized spacial score (nSPS) is 30.0. The molecule has 1 saturated carbocycles. The van der Waals surface area contributed by atoms with E-state index in [1.54, 1.807) is 7.11 Å². The highest BCUT2D eigenvalue weighted by Gasteiger charge is 2.32. The van der Waals surface area contributed by atoms with Gasteiger partial charge in [-0.2, -0.15) is 0 Å². The number of aliphatic hydroxyl groups excluding tert-OH is 1. The fourth-order valence-electron chi connectivity index (χ4n) is 4.23. The van der Waals surface area contributed by atoms with Gasteiger partial charge in [-0.05, 0) is 36.3 Å². The molecule has 144 valence electrons. The highest BCUT2D eigenvalue weighted by Crippen LogP contribution is 2.34. The van der Waals surface area contributed by atoms with Crippen LogP contribution in [-0.2, 0) is 11.2 Å². The van der Waals surface area contributed by atoms with E-state index in [0.717, 1.165) is 25.1 Å². The minimum Gasteiger partial charge on any atom is -0.474 e. The minimum absolute atomic E-state index is 0.000111. The number of benzene rings is 1. The summed E-state index contributed by atoms with van der Waals surface area (Å²) >= 11 is 0. The molecule has 0 saturated heterocycles. The highest BCUT2D eigenvalue weighted by molar-refractivity contribution is 5.44. The largest absolute Gasteiger partial charge is 0.474 e. The third-order valence-corrected chi connectivity index (χ3v) is 5.79. The Bertz CT molecular complexity index is 775. The van der Waals surface area contributed by atoms with Gasteiger partial charge in [0.2, 0.25) is 5.88 Å². The molecule has 0 radical (unpaired) electrons. The van der Waals surface area contributed by atoms with Crippen molar-refractivity contribution in [1.82, 2.24) is 9.97 Å². The van der Waals surface area contributed by atoms with Crippen LogP contribution < -0.4 is 10.1 Å². The quantitative estimate of drug-likeness (QED) is 0.843. The maximum atomic E-state index is 9.93. The number of ether oxygens (including phenoxy) is 2. The van der Waals surface area contributed by atoms with E-state index in [-0.39, 0.29) is 30.3 Å². The molecule has 0 amide bonds. The van der Waals surface area contributed by atoms with Gasteiger partial charge < -0.3 is 19.9 Å². The number of fused-ring (bicyclic) bond motifs is 1. The van der Waals surface area contributed by atoms with Crippen LogP contribution >= 0.6 is 0 Å². The topological polar surface area (TPSA) is 76.5 Å². The Morgan fingerprint density at radius 1 is 1.19 bits per heavy atom. The first kappa shape index (κ1) is 18.2. The lowest BCUT2D eigenvalue weighted by Gasteiger charge is -2.33.